The SMILES string of the molecule is CC(C)(C)OC(=O)N1CCC(CCCOc2ccc(C(=O)CCC3CCCC(O)C3)c(F)c2)CC1. The summed E-state index contributed by atoms with van der Waals surface area (Å²) in [4.78, 5) is 26.4. The zero-order valence-electron chi connectivity index (χ0n) is 21.6. The molecule has 1 saturated carbocycles. The fourth-order valence-corrected chi connectivity index (χ4v) is 5.10. The van der Waals surface area contributed by atoms with E-state index in [9.17, 15) is 19.1 Å². The molecule has 1 aromatic carbocycles. The Balaban J connectivity index is 1.34. The summed E-state index contributed by atoms with van der Waals surface area (Å²) < 4.78 is 25.7. The highest BCUT2D eigenvalue weighted by Gasteiger charge is 2.27. The van der Waals surface area contributed by atoms with E-state index < -0.39 is 11.4 Å². The Morgan fingerprint density at radius 2 is 1.83 bits per heavy atom. The molecule has 0 spiro atoms. The molecule has 0 radical (unpaired) electrons. The molecule has 1 amide bonds. The van der Waals surface area contributed by atoms with Crippen LogP contribution in [-0.2, 0) is 4.74 Å². The molecule has 35 heavy (non-hydrogen) atoms. The minimum absolute atomic E-state index is 0.116. The van der Waals surface area contributed by atoms with Gasteiger partial charge in [0, 0.05) is 25.6 Å². The molecule has 1 saturated heterocycles. The molecule has 1 aromatic rings. The number of rotatable bonds is 9. The third-order valence-corrected chi connectivity index (χ3v) is 7.07. The molecular weight excluding hydrogens is 449 g/mol. The summed E-state index contributed by atoms with van der Waals surface area (Å²) >= 11 is 0. The van der Waals surface area contributed by atoms with Gasteiger partial charge in [-0.25, -0.2) is 9.18 Å². The monoisotopic (exact) mass is 491 g/mol. The van der Waals surface area contributed by atoms with Crippen molar-refractivity contribution >= 4 is 11.9 Å². The number of hydrogen-bond acceptors (Lipinski definition) is 5. The van der Waals surface area contributed by atoms with Crippen LogP contribution in [0.4, 0.5) is 9.18 Å². The zero-order valence-corrected chi connectivity index (χ0v) is 21.6. The zero-order chi connectivity index (χ0) is 25.4. The van der Waals surface area contributed by atoms with Crippen molar-refractivity contribution in [2.75, 3.05) is 19.7 Å². The molecule has 2 fully saturated rings. The van der Waals surface area contributed by atoms with E-state index in [0.29, 0.717) is 50.1 Å². The van der Waals surface area contributed by atoms with Gasteiger partial charge in [0.2, 0.25) is 0 Å². The molecule has 3 rings (SSSR count). The first-order valence-corrected chi connectivity index (χ1v) is 13.2. The number of likely N-dealkylation sites (tertiary alicyclic amines) is 1. The van der Waals surface area contributed by atoms with Gasteiger partial charge in [-0.05, 0) is 89.7 Å². The van der Waals surface area contributed by atoms with Gasteiger partial charge in [-0.2, -0.15) is 0 Å². The summed E-state index contributed by atoms with van der Waals surface area (Å²) in [5.74, 6) is 0.601. The van der Waals surface area contributed by atoms with Crippen LogP contribution >= 0.6 is 0 Å². The van der Waals surface area contributed by atoms with Gasteiger partial charge in [-0.15, -0.1) is 0 Å². The van der Waals surface area contributed by atoms with Crippen LogP contribution in [0.2, 0.25) is 0 Å². The van der Waals surface area contributed by atoms with Gasteiger partial charge in [0.1, 0.15) is 17.2 Å². The number of carbonyl (C=O) groups is 2. The van der Waals surface area contributed by atoms with E-state index >= 15 is 0 Å². The Labute approximate surface area is 209 Å². The molecule has 2 atom stereocenters. The highest BCUT2D eigenvalue weighted by molar-refractivity contribution is 5.96. The predicted molar refractivity (Wildman–Crippen MR) is 133 cm³/mol. The number of piperidine rings is 1. The van der Waals surface area contributed by atoms with Crippen molar-refractivity contribution in [1.82, 2.24) is 4.90 Å². The minimum atomic E-state index is -0.536. The van der Waals surface area contributed by atoms with Crippen molar-refractivity contribution < 1.29 is 28.6 Å². The number of amides is 1. The van der Waals surface area contributed by atoms with Crippen LogP contribution < -0.4 is 4.74 Å². The van der Waals surface area contributed by atoms with Crippen LogP contribution in [0.5, 0.6) is 5.75 Å². The Kier molecular flexibility index (Phi) is 9.96. The van der Waals surface area contributed by atoms with Gasteiger partial charge < -0.3 is 19.5 Å². The Morgan fingerprint density at radius 3 is 2.49 bits per heavy atom. The van der Waals surface area contributed by atoms with E-state index in [1.807, 2.05) is 20.8 Å². The quantitative estimate of drug-likeness (QED) is 0.331. The average Bonchev–Trinajstić information content (AvgIpc) is 2.80. The number of ketones is 1. The summed E-state index contributed by atoms with van der Waals surface area (Å²) in [6.45, 7) is 7.54. The Morgan fingerprint density at radius 1 is 1.09 bits per heavy atom. The van der Waals surface area contributed by atoms with Crippen molar-refractivity contribution in [3.63, 3.8) is 0 Å². The second kappa shape index (κ2) is 12.7. The van der Waals surface area contributed by atoms with Gasteiger partial charge in [-0.1, -0.05) is 12.8 Å². The van der Waals surface area contributed by atoms with E-state index in [-0.39, 0.29) is 23.5 Å². The number of halogens is 1. The van der Waals surface area contributed by atoms with Crippen molar-refractivity contribution in [2.24, 2.45) is 11.8 Å². The molecule has 6 nitrogen and oxygen atoms in total. The fraction of sp³-hybridized carbons (Fsp3) is 0.714. The van der Waals surface area contributed by atoms with Crippen LogP contribution in [0.25, 0.3) is 0 Å². The summed E-state index contributed by atoms with van der Waals surface area (Å²) in [6, 6.07) is 4.49. The highest BCUT2D eigenvalue weighted by atomic mass is 19.1. The molecule has 1 N–H and O–H groups in total. The number of benzene rings is 1. The molecule has 1 aliphatic carbocycles. The maximum Gasteiger partial charge on any atom is 0.410 e. The largest absolute Gasteiger partial charge is 0.493 e. The second-order valence-corrected chi connectivity index (χ2v) is 11.2. The molecule has 7 heteroatoms. The van der Waals surface area contributed by atoms with Crippen molar-refractivity contribution in [1.29, 1.82) is 0 Å². The van der Waals surface area contributed by atoms with E-state index in [1.165, 1.54) is 12.1 Å². The Bertz CT molecular complexity index is 844. The standard InChI is InChI=1S/C28H42FNO5/c1-28(2,3)35-27(33)30-15-13-20(14-16-30)7-5-17-34-23-10-11-24(25(29)19-23)26(32)12-9-21-6-4-8-22(31)18-21/h10-11,19-22,31H,4-9,12-18H2,1-3H3. The van der Waals surface area contributed by atoms with Crippen LogP contribution in [0.1, 0.15) is 95.3 Å². The molecular formula is C28H42FNO5. The molecule has 2 aliphatic rings. The third-order valence-electron chi connectivity index (χ3n) is 7.07. The lowest BCUT2D eigenvalue weighted by Gasteiger charge is -2.33. The number of carbonyl (C=O) groups excluding carboxylic acids is 2. The highest BCUT2D eigenvalue weighted by Crippen LogP contribution is 2.29. The first-order chi connectivity index (χ1) is 16.6. The number of hydrogen-bond donors (Lipinski definition) is 1. The fourth-order valence-electron chi connectivity index (χ4n) is 5.10. The van der Waals surface area contributed by atoms with E-state index in [4.69, 9.17) is 9.47 Å². The molecule has 0 bridgehead atoms. The van der Waals surface area contributed by atoms with Gasteiger partial charge in [0.05, 0.1) is 18.3 Å². The lowest BCUT2D eigenvalue weighted by Crippen LogP contribution is -2.41. The average molecular weight is 492 g/mol. The topological polar surface area (TPSA) is 76.1 Å². The van der Waals surface area contributed by atoms with Crippen LogP contribution in [0.15, 0.2) is 18.2 Å². The number of ether oxygens (including phenoxy) is 2. The molecule has 196 valence electrons. The minimum Gasteiger partial charge on any atom is -0.493 e. The maximum atomic E-state index is 14.5. The summed E-state index contributed by atoms with van der Waals surface area (Å²) in [5, 5.41) is 9.79. The molecule has 1 aliphatic heterocycles. The van der Waals surface area contributed by atoms with Crippen molar-refractivity contribution in [2.45, 2.75) is 96.7 Å². The van der Waals surface area contributed by atoms with E-state index in [0.717, 1.165) is 51.4 Å². The summed E-state index contributed by atoms with van der Waals surface area (Å²) in [5.41, 5.74) is -0.360. The smallest absolute Gasteiger partial charge is 0.410 e. The van der Waals surface area contributed by atoms with Crippen LogP contribution in [-0.4, -0.2) is 53.3 Å². The molecule has 2 unspecified atom stereocenters. The predicted octanol–water partition coefficient (Wildman–Crippen LogP) is 6.15. The van der Waals surface area contributed by atoms with Crippen molar-refractivity contribution in [3.8, 4) is 5.75 Å². The van der Waals surface area contributed by atoms with E-state index in [2.05, 4.69) is 0 Å². The number of nitrogens with zero attached hydrogens (tertiary/aromatic N) is 1. The second-order valence-electron chi connectivity index (χ2n) is 11.2. The molecule has 0 aromatic heterocycles. The number of aliphatic hydroxyl groups is 1. The first-order valence-electron chi connectivity index (χ1n) is 13.2. The number of aliphatic hydroxyl groups excluding tert-OH is 1. The van der Waals surface area contributed by atoms with E-state index in [1.54, 1.807) is 11.0 Å². The summed E-state index contributed by atoms with van der Waals surface area (Å²) in [7, 11) is 0. The van der Waals surface area contributed by atoms with Gasteiger partial charge in [0.15, 0.2) is 5.78 Å². The van der Waals surface area contributed by atoms with Gasteiger partial charge in [-0.3, -0.25) is 4.79 Å². The van der Waals surface area contributed by atoms with Crippen molar-refractivity contribution in [3.05, 3.63) is 29.6 Å². The maximum absolute atomic E-state index is 14.5. The van der Waals surface area contributed by atoms with Crippen LogP contribution in [0.3, 0.4) is 0 Å². The van der Waals surface area contributed by atoms with Gasteiger partial charge in [0.25, 0.3) is 0 Å². The van der Waals surface area contributed by atoms with Gasteiger partial charge >= 0.3 is 6.09 Å². The summed E-state index contributed by atoms with van der Waals surface area (Å²) in [6.07, 6.45) is 7.86. The Hall–Kier alpha value is -2.15. The lowest BCUT2D eigenvalue weighted by atomic mass is 9.83. The third kappa shape index (κ3) is 9.10. The normalized spacial score (nSPS) is 21.6. The van der Waals surface area contributed by atoms with Crippen LogP contribution in [0, 0.1) is 17.7 Å². The number of Topliss-reactive ketones (excluding diaryl/α,β-unsaturated/α-hetero) is 1. The molecule has 1 heterocycles. The first kappa shape index (κ1) is 27.4. The lowest BCUT2D eigenvalue weighted by molar-refractivity contribution is 0.0179.